The molecule has 9 heteroatoms. The van der Waals surface area contributed by atoms with Crippen LogP contribution in [0.1, 0.15) is 16.1 Å². The molecule has 28 heavy (non-hydrogen) atoms. The van der Waals surface area contributed by atoms with Crippen molar-refractivity contribution in [2.45, 2.75) is 6.54 Å². The van der Waals surface area contributed by atoms with E-state index >= 15 is 0 Å². The molecular formula is C19H13BrClN3O3S. The second kappa shape index (κ2) is 7.90. The van der Waals surface area contributed by atoms with Crippen molar-refractivity contribution in [1.29, 1.82) is 0 Å². The van der Waals surface area contributed by atoms with Crippen molar-refractivity contribution < 1.29 is 13.9 Å². The monoisotopic (exact) mass is 477 g/mol. The molecule has 0 N–H and O–H groups in total. The molecule has 6 nitrogen and oxygen atoms in total. The minimum absolute atomic E-state index is 0.202. The summed E-state index contributed by atoms with van der Waals surface area (Å²) in [6.45, 7) is 0.282. The smallest absolute Gasteiger partial charge is 0.296 e. The first-order valence-electron chi connectivity index (χ1n) is 8.16. The molecule has 0 fully saturated rings. The van der Waals surface area contributed by atoms with Crippen molar-refractivity contribution in [3.05, 3.63) is 69.8 Å². The molecule has 142 valence electrons. The second-order valence-corrected chi connectivity index (χ2v) is 7.95. The van der Waals surface area contributed by atoms with Crippen LogP contribution in [0.15, 0.2) is 57.9 Å². The fraction of sp³-hybridized carbons (Fsp3) is 0.105. The molecule has 4 aromatic rings. The van der Waals surface area contributed by atoms with Crippen molar-refractivity contribution in [3.63, 3.8) is 0 Å². The number of halogens is 2. The zero-order chi connectivity index (χ0) is 19.7. The molecule has 3 aromatic heterocycles. The summed E-state index contributed by atoms with van der Waals surface area (Å²) in [5, 5.41) is 1.04. The van der Waals surface area contributed by atoms with Gasteiger partial charge in [-0.3, -0.25) is 14.7 Å². The van der Waals surface area contributed by atoms with E-state index in [4.69, 9.17) is 20.8 Å². The van der Waals surface area contributed by atoms with Crippen LogP contribution in [0.2, 0.25) is 5.02 Å². The minimum atomic E-state index is -0.316. The minimum Gasteiger partial charge on any atom is -0.494 e. The van der Waals surface area contributed by atoms with Crippen molar-refractivity contribution in [2.75, 3.05) is 12.0 Å². The van der Waals surface area contributed by atoms with E-state index in [0.717, 1.165) is 10.3 Å². The molecule has 0 aliphatic carbocycles. The fourth-order valence-corrected chi connectivity index (χ4v) is 4.24. The molecule has 1 amide bonds. The van der Waals surface area contributed by atoms with Gasteiger partial charge in [-0.1, -0.05) is 29.0 Å². The topological polar surface area (TPSA) is 68.5 Å². The molecule has 0 radical (unpaired) electrons. The second-order valence-electron chi connectivity index (χ2n) is 5.78. The largest absolute Gasteiger partial charge is 0.494 e. The van der Waals surface area contributed by atoms with E-state index in [9.17, 15) is 4.79 Å². The Morgan fingerprint density at radius 1 is 1.32 bits per heavy atom. The number of nitrogens with zero attached hydrogens (tertiary/aromatic N) is 3. The third kappa shape index (κ3) is 3.63. The average molecular weight is 479 g/mol. The predicted molar refractivity (Wildman–Crippen MR) is 112 cm³/mol. The van der Waals surface area contributed by atoms with Gasteiger partial charge in [0.2, 0.25) is 0 Å². The van der Waals surface area contributed by atoms with E-state index in [1.165, 1.54) is 11.3 Å². The first-order chi connectivity index (χ1) is 13.6. The Morgan fingerprint density at radius 3 is 2.86 bits per heavy atom. The van der Waals surface area contributed by atoms with Crippen molar-refractivity contribution in [3.8, 4) is 5.75 Å². The maximum atomic E-state index is 13.2. The van der Waals surface area contributed by atoms with Gasteiger partial charge in [0, 0.05) is 12.4 Å². The number of benzene rings is 1. The number of amides is 1. The number of anilines is 1. The lowest BCUT2D eigenvalue weighted by atomic mass is 10.2. The highest BCUT2D eigenvalue weighted by Crippen LogP contribution is 2.39. The number of carbonyl (C=O) groups is 1. The van der Waals surface area contributed by atoms with Gasteiger partial charge in [0.15, 0.2) is 15.6 Å². The maximum Gasteiger partial charge on any atom is 0.296 e. The van der Waals surface area contributed by atoms with Gasteiger partial charge in [-0.15, -0.1) is 0 Å². The van der Waals surface area contributed by atoms with Gasteiger partial charge in [0.05, 0.1) is 23.4 Å². The number of hydrogen-bond donors (Lipinski definition) is 0. The molecular weight excluding hydrogens is 466 g/mol. The van der Waals surface area contributed by atoms with Crippen molar-refractivity contribution >= 4 is 60.1 Å². The van der Waals surface area contributed by atoms with Crippen LogP contribution < -0.4 is 9.64 Å². The molecule has 0 spiro atoms. The Balaban J connectivity index is 1.82. The summed E-state index contributed by atoms with van der Waals surface area (Å²) >= 11 is 10.9. The van der Waals surface area contributed by atoms with E-state index in [-0.39, 0.29) is 18.2 Å². The van der Waals surface area contributed by atoms with Gasteiger partial charge in [0.25, 0.3) is 5.91 Å². The van der Waals surface area contributed by atoms with E-state index in [2.05, 4.69) is 25.9 Å². The molecule has 0 aliphatic heterocycles. The Bertz CT molecular complexity index is 1150. The number of ether oxygens (including phenoxy) is 1. The number of furan rings is 1. The third-order valence-corrected chi connectivity index (χ3v) is 5.96. The molecule has 3 heterocycles. The summed E-state index contributed by atoms with van der Waals surface area (Å²) in [6.07, 6.45) is 3.39. The standard InChI is InChI=1S/C19H13BrClN3O3S/c1-26-13-5-4-12(21)17-16(13)23-19(28-17)24(10-11-3-2-8-22-9-11)18(25)14-6-7-15(20)27-14/h2-9H,10H2,1H3. The highest BCUT2D eigenvalue weighted by atomic mass is 79.9. The van der Waals surface area contributed by atoms with Crippen LogP contribution in [-0.2, 0) is 6.54 Å². The zero-order valence-corrected chi connectivity index (χ0v) is 17.7. The normalized spacial score (nSPS) is 11.0. The van der Waals surface area contributed by atoms with Crippen LogP contribution in [0, 0.1) is 0 Å². The summed E-state index contributed by atoms with van der Waals surface area (Å²) < 4.78 is 12.1. The molecule has 0 aliphatic rings. The van der Waals surface area contributed by atoms with Crippen LogP contribution in [0.25, 0.3) is 10.2 Å². The number of methoxy groups -OCH3 is 1. The van der Waals surface area contributed by atoms with E-state index in [1.807, 2.05) is 12.1 Å². The Labute approximate surface area is 177 Å². The van der Waals surface area contributed by atoms with Crippen LogP contribution in [0.5, 0.6) is 5.75 Å². The SMILES string of the molecule is COc1ccc(Cl)c2sc(N(Cc3cccnc3)C(=O)c3ccc(Br)o3)nc12. The average Bonchev–Trinajstić information content (AvgIpc) is 3.34. The molecule has 0 saturated carbocycles. The lowest BCUT2D eigenvalue weighted by Crippen LogP contribution is -2.30. The molecule has 0 saturated heterocycles. The Hall–Kier alpha value is -2.42. The lowest BCUT2D eigenvalue weighted by Gasteiger charge is -2.18. The van der Waals surface area contributed by atoms with Gasteiger partial charge in [-0.2, -0.15) is 0 Å². The first-order valence-corrected chi connectivity index (χ1v) is 10.1. The summed E-state index contributed by atoms with van der Waals surface area (Å²) in [6, 6.07) is 10.5. The van der Waals surface area contributed by atoms with E-state index in [1.54, 1.807) is 48.7 Å². The highest BCUT2D eigenvalue weighted by Gasteiger charge is 2.25. The summed E-state index contributed by atoms with van der Waals surface area (Å²) in [5.74, 6) is 0.480. The highest BCUT2D eigenvalue weighted by molar-refractivity contribution is 9.10. The number of aromatic nitrogens is 2. The predicted octanol–water partition coefficient (Wildman–Crippen LogP) is 5.56. The summed E-state index contributed by atoms with van der Waals surface area (Å²) in [7, 11) is 1.57. The molecule has 0 bridgehead atoms. The molecule has 0 atom stereocenters. The van der Waals surface area contributed by atoms with Crippen molar-refractivity contribution in [1.82, 2.24) is 9.97 Å². The van der Waals surface area contributed by atoms with E-state index < -0.39 is 0 Å². The van der Waals surface area contributed by atoms with Crippen LogP contribution in [0.3, 0.4) is 0 Å². The van der Waals surface area contributed by atoms with Gasteiger partial charge in [0.1, 0.15) is 11.3 Å². The van der Waals surface area contributed by atoms with E-state index in [0.29, 0.717) is 26.1 Å². The number of pyridine rings is 1. The Morgan fingerprint density at radius 2 is 2.18 bits per heavy atom. The van der Waals surface area contributed by atoms with Crippen molar-refractivity contribution in [2.24, 2.45) is 0 Å². The maximum absolute atomic E-state index is 13.2. The summed E-state index contributed by atoms with van der Waals surface area (Å²) in [4.78, 5) is 23.5. The number of rotatable bonds is 5. The number of thiazole rings is 1. The molecule has 0 unspecified atom stereocenters. The Kier molecular flexibility index (Phi) is 5.34. The van der Waals surface area contributed by atoms with Gasteiger partial charge in [-0.05, 0) is 51.8 Å². The fourth-order valence-electron chi connectivity index (χ4n) is 2.68. The van der Waals surface area contributed by atoms with Crippen LogP contribution >= 0.6 is 38.9 Å². The first kappa shape index (κ1) is 18.9. The third-order valence-electron chi connectivity index (χ3n) is 3.99. The zero-order valence-electron chi connectivity index (χ0n) is 14.6. The quantitative estimate of drug-likeness (QED) is 0.376. The van der Waals surface area contributed by atoms with Crippen LogP contribution in [-0.4, -0.2) is 23.0 Å². The van der Waals surface area contributed by atoms with Gasteiger partial charge in [-0.25, -0.2) is 4.98 Å². The number of carbonyl (C=O) groups excluding carboxylic acids is 1. The molecule has 1 aromatic carbocycles. The number of fused-ring (bicyclic) bond motifs is 1. The number of hydrogen-bond acceptors (Lipinski definition) is 6. The van der Waals surface area contributed by atoms with Crippen LogP contribution in [0.4, 0.5) is 5.13 Å². The summed E-state index contributed by atoms with van der Waals surface area (Å²) in [5.41, 5.74) is 1.47. The van der Waals surface area contributed by atoms with Gasteiger partial charge >= 0.3 is 0 Å². The molecule has 4 rings (SSSR count). The lowest BCUT2D eigenvalue weighted by molar-refractivity contribution is 0.0957. The van der Waals surface area contributed by atoms with Gasteiger partial charge < -0.3 is 9.15 Å².